The number of anilines is 1. The van der Waals surface area contributed by atoms with Crippen molar-refractivity contribution in [3.05, 3.63) is 65.0 Å². The molecule has 0 aliphatic rings. The summed E-state index contributed by atoms with van der Waals surface area (Å²) in [6, 6.07) is 14.8. The molecule has 1 heterocycles. The number of rotatable bonds is 7. The molecule has 0 spiro atoms. The van der Waals surface area contributed by atoms with Crippen LogP contribution in [-0.2, 0) is 21.1 Å². The first-order valence-electron chi connectivity index (χ1n) is 9.85. The van der Waals surface area contributed by atoms with Crippen LogP contribution in [0.5, 0.6) is 0 Å². The highest BCUT2D eigenvalue weighted by atomic mass is 32.2. The Bertz CT molecular complexity index is 1110. The van der Waals surface area contributed by atoms with Crippen LogP contribution in [0.15, 0.2) is 58.8 Å². The molecule has 5 nitrogen and oxygen atoms in total. The predicted octanol–water partition coefficient (Wildman–Crippen LogP) is 5.30. The lowest BCUT2D eigenvalue weighted by atomic mass is 10.0. The van der Waals surface area contributed by atoms with Crippen LogP contribution in [-0.4, -0.2) is 24.6 Å². The number of carbonyl (C=O) groups excluding carboxylic acids is 1. The molecule has 158 valence electrons. The lowest BCUT2D eigenvalue weighted by Gasteiger charge is -2.08. The fraction of sp³-hybridized carbons (Fsp3) is 0.304. The molecule has 0 aliphatic heterocycles. The minimum absolute atomic E-state index is 0.153. The summed E-state index contributed by atoms with van der Waals surface area (Å²) in [5, 5.41) is 4.81. The summed E-state index contributed by atoms with van der Waals surface area (Å²) in [6.45, 7) is 7.61. The van der Waals surface area contributed by atoms with Crippen LogP contribution in [0.25, 0.3) is 11.3 Å². The van der Waals surface area contributed by atoms with Gasteiger partial charge in [0, 0.05) is 10.9 Å². The lowest BCUT2D eigenvalue weighted by Crippen LogP contribution is -2.15. The standard InChI is InChI=1S/C23H26N2O3S2/c1-15(2)18-7-9-19(10-8-18)21-14-29-23(24-21)25-22(26)13-17-5-11-20(12-6-17)30(27,28)16(3)4/h5-12,14-16H,13H2,1-4H3,(H,24,25,26). The second kappa shape index (κ2) is 9.10. The van der Waals surface area contributed by atoms with Crippen LogP contribution >= 0.6 is 11.3 Å². The first-order valence-corrected chi connectivity index (χ1v) is 12.3. The molecule has 0 bridgehead atoms. The second-order valence-corrected chi connectivity index (χ2v) is 11.1. The van der Waals surface area contributed by atoms with Crippen molar-refractivity contribution in [1.82, 2.24) is 4.98 Å². The largest absolute Gasteiger partial charge is 0.302 e. The molecule has 1 amide bonds. The van der Waals surface area contributed by atoms with E-state index in [4.69, 9.17) is 0 Å². The van der Waals surface area contributed by atoms with Crippen LogP contribution in [0.4, 0.5) is 5.13 Å². The van der Waals surface area contributed by atoms with E-state index < -0.39 is 15.1 Å². The number of sulfone groups is 1. The monoisotopic (exact) mass is 442 g/mol. The number of benzene rings is 2. The van der Waals surface area contributed by atoms with Gasteiger partial charge in [0.1, 0.15) is 0 Å². The van der Waals surface area contributed by atoms with E-state index in [-0.39, 0.29) is 17.2 Å². The summed E-state index contributed by atoms with van der Waals surface area (Å²) in [7, 11) is -3.31. The van der Waals surface area contributed by atoms with Crippen molar-refractivity contribution in [2.75, 3.05) is 5.32 Å². The molecule has 0 radical (unpaired) electrons. The van der Waals surface area contributed by atoms with E-state index in [1.54, 1.807) is 38.1 Å². The van der Waals surface area contributed by atoms with E-state index in [0.29, 0.717) is 11.0 Å². The maximum atomic E-state index is 12.4. The normalized spacial score (nSPS) is 11.8. The molecule has 0 fully saturated rings. The highest BCUT2D eigenvalue weighted by molar-refractivity contribution is 7.92. The molecule has 0 saturated carbocycles. The van der Waals surface area contributed by atoms with Gasteiger partial charge in [-0.3, -0.25) is 4.79 Å². The van der Waals surface area contributed by atoms with Gasteiger partial charge in [0.2, 0.25) is 5.91 Å². The minimum atomic E-state index is -3.31. The Morgan fingerprint density at radius 3 is 2.20 bits per heavy atom. The van der Waals surface area contributed by atoms with Gasteiger partial charge >= 0.3 is 0 Å². The van der Waals surface area contributed by atoms with E-state index in [1.807, 2.05) is 17.5 Å². The maximum absolute atomic E-state index is 12.4. The molecule has 1 aromatic heterocycles. The quantitative estimate of drug-likeness (QED) is 0.539. The molecule has 2 aromatic carbocycles. The molecule has 0 unspecified atom stereocenters. The Hall–Kier alpha value is -2.51. The predicted molar refractivity (Wildman–Crippen MR) is 123 cm³/mol. The lowest BCUT2D eigenvalue weighted by molar-refractivity contribution is -0.115. The van der Waals surface area contributed by atoms with Crippen molar-refractivity contribution < 1.29 is 13.2 Å². The fourth-order valence-corrected chi connectivity index (χ4v) is 4.72. The zero-order valence-electron chi connectivity index (χ0n) is 17.5. The van der Waals surface area contributed by atoms with E-state index in [1.165, 1.54) is 16.9 Å². The molecule has 0 aliphatic carbocycles. The van der Waals surface area contributed by atoms with Crippen molar-refractivity contribution in [1.29, 1.82) is 0 Å². The van der Waals surface area contributed by atoms with Gasteiger partial charge in [-0.05, 0) is 43.0 Å². The van der Waals surface area contributed by atoms with Crippen molar-refractivity contribution in [2.45, 2.75) is 50.2 Å². The van der Waals surface area contributed by atoms with E-state index >= 15 is 0 Å². The molecule has 7 heteroatoms. The number of nitrogens with one attached hydrogen (secondary N) is 1. The Labute approximate surface area is 182 Å². The average molecular weight is 443 g/mol. The van der Waals surface area contributed by atoms with Crippen LogP contribution in [0, 0.1) is 0 Å². The first kappa shape index (κ1) is 22.2. The number of thiazole rings is 1. The van der Waals surface area contributed by atoms with Gasteiger partial charge in [-0.15, -0.1) is 11.3 Å². The fourth-order valence-electron chi connectivity index (χ4n) is 2.92. The average Bonchev–Trinajstić information content (AvgIpc) is 3.16. The topological polar surface area (TPSA) is 76.1 Å². The van der Waals surface area contributed by atoms with Gasteiger partial charge in [0.25, 0.3) is 0 Å². The summed E-state index contributed by atoms with van der Waals surface area (Å²) in [4.78, 5) is 17.2. The molecule has 30 heavy (non-hydrogen) atoms. The number of nitrogens with zero attached hydrogens (tertiary/aromatic N) is 1. The summed E-state index contributed by atoms with van der Waals surface area (Å²) >= 11 is 1.38. The molecular formula is C23H26N2O3S2. The molecular weight excluding hydrogens is 416 g/mol. The van der Waals surface area contributed by atoms with Crippen LogP contribution in [0.3, 0.4) is 0 Å². The Balaban J connectivity index is 1.63. The molecule has 0 saturated heterocycles. The highest BCUT2D eigenvalue weighted by Crippen LogP contribution is 2.26. The van der Waals surface area contributed by atoms with Crippen molar-refractivity contribution in [3.8, 4) is 11.3 Å². The Morgan fingerprint density at radius 1 is 1.00 bits per heavy atom. The van der Waals surface area contributed by atoms with Crippen LogP contribution in [0.2, 0.25) is 0 Å². The summed E-state index contributed by atoms with van der Waals surface area (Å²) in [5.41, 5.74) is 3.86. The number of carbonyl (C=O) groups is 1. The molecule has 0 atom stereocenters. The maximum Gasteiger partial charge on any atom is 0.230 e. The number of aromatic nitrogens is 1. The second-order valence-electron chi connectivity index (χ2n) is 7.78. The first-order chi connectivity index (χ1) is 14.2. The minimum Gasteiger partial charge on any atom is -0.302 e. The number of hydrogen-bond acceptors (Lipinski definition) is 5. The highest BCUT2D eigenvalue weighted by Gasteiger charge is 2.19. The molecule has 3 aromatic rings. The molecule has 1 N–H and O–H groups in total. The smallest absolute Gasteiger partial charge is 0.230 e. The summed E-state index contributed by atoms with van der Waals surface area (Å²) < 4.78 is 24.4. The van der Waals surface area contributed by atoms with Crippen LogP contribution < -0.4 is 5.32 Å². The van der Waals surface area contributed by atoms with Crippen molar-refractivity contribution in [2.24, 2.45) is 0 Å². The van der Waals surface area contributed by atoms with E-state index in [0.717, 1.165) is 16.8 Å². The van der Waals surface area contributed by atoms with Gasteiger partial charge < -0.3 is 5.32 Å². The van der Waals surface area contributed by atoms with Gasteiger partial charge in [-0.1, -0.05) is 50.2 Å². The molecule has 3 rings (SSSR count). The van der Waals surface area contributed by atoms with Gasteiger partial charge in [0.15, 0.2) is 15.0 Å². The summed E-state index contributed by atoms with van der Waals surface area (Å²) in [5.74, 6) is 0.286. The third-order valence-electron chi connectivity index (χ3n) is 4.86. The Kier molecular flexibility index (Phi) is 6.73. The van der Waals surface area contributed by atoms with Gasteiger partial charge in [-0.2, -0.15) is 0 Å². The van der Waals surface area contributed by atoms with Crippen LogP contribution in [0.1, 0.15) is 44.7 Å². The van der Waals surface area contributed by atoms with E-state index in [9.17, 15) is 13.2 Å². The zero-order chi connectivity index (χ0) is 21.9. The summed E-state index contributed by atoms with van der Waals surface area (Å²) in [6.07, 6.45) is 0.153. The Morgan fingerprint density at radius 2 is 1.63 bits per heavy atom. The van der Waals surface area contributed by atoms with Gasteiger partial charge in [-0.25, -0.2) is 13.4 Å². The zero-order valence-corrected chi connectivity index (χ0v) is 19.2. The van der Waals surface area contributed by atoms with Gasteiger partial charge in [0.05, 0.1) is 22.3 Å². The SMILES string of the molecule is CC(C)c1ccc(-c2csc(NC(=O)Cc3ccc(S(=O)(=O)C(C)C)cc3)n2)cc1. The third kappa shape index (κ3) is 5.15. The third-order valence-corrected chi connectivity index (χ3v) is 7.79. The number of hydrogen-bond donors (Lipinski definition) is 1. The van der Waals surface area contributed by atoms with E-state index in [2.05, 4.69) is 36.3 Å². The number of amides is 1. The van der Waals surface area contributed by atoms with Crippen molar-refractivity contribution >= 4 is 32.2 Å². The van der Waals surface area contributed by atoms with Crippen molar-refractivity contribution in [3.63, 3.8) is 0 Å².